The number of ether oxygens (including phenoxy) is 3. The summed E-state index contributed by atoms with van der Waals surface area (Å²) in [4.78, 5) is 11.8. The molecular weight excluding hydrogens is 370 g/mol. The van der Waals surface area contributed by atoms with Crippen LogP contribution in [0.1, 0.15) is 17.3 Å². The highest BCUT2D eigenvalue weighted by Gasteiger charge is 2.16. The predicted molar refractivity (Wildman–Crippen MR) is 101 cm³/mol. The molecule has 0 fully saturated rings. The van der Waals surface area contributed by atoms with Crippen LogP contribution in [-0.2, 0) is 14.8 Å². The molecule has 2 rings (SSSR count). The third kappa shape index (κ3) is 5.70. The molecule has 0 heterocycles. The molecule has 0 aliphatic carbocycles. The standard InChI is InChI=1S/C19H23NO6S/c1-4-24-19(21)15-5-7-16(8-6-15)25-13-14-26-17-9-11-18(12-10-17)27(22,23)20(2)3/h5-12H,4,13-14H2,1-3H3. The van der Waals surface area contributed by atoms with E-state index in [1.54, 1.807) is 43.3 Å². The molecule has 0 N–H and O–H groups in total. The Morgan fingerprint density at radius 3 is 1.81 bits per heavy atom. The van der Waals surface area contributed by atoms with Crippen LogP contribution in [0.15, 0.2) is 53.4 Å². The number of benzene rings is 2. The first kappa shape index (κ1) is 20.7. The Labute approximate surface area is 159 Å². The van der Waals surface area contributed by atoms with E-state index in [-0.39, 0.29) is 10.9 Å². The Balaban J connectivity index is 1.81. The lowest BCUT2D eigenvalue weighted by Crippen LogP contribution is -2.22. The minimum atomic E-state index is -3.45. The number of esters is 1. The number of hydrogen-bond acceptors (Lipinski definition) is 6. The lowest BCUT2D eigenvalue weighted by molar-refractivity contribution is 0.0526. The summed E-state index contributed by atoms with van der Waals surface area (Å²) in [6.45, 7) is 2.68. The molecule has 0 unspecified atom stereocenters. The van der Waals surface area contributed by atoms with E-state index < -0.39 is 10.0 Å². The van der Waals surface area contributed by atoms with Crippen LogP contribution in [-0.4, -0.2) is 52.6 Å². The van der Waals surface area contributed by atoms with E-state index >= 15 is 0 Å². The van der Waals surface area contributed by atoms with Crippen LogP contribution in [0.2, 0.25) is 0 Å². The summed E-state index contributed by atoms with van der Waals surface area (Å²) in [6.07, 6.45) is 0. The van der Waals surface area contributed by atoms with Crippen molar-refractivity contribution in [1.29, 1.82) is 0 Å². The van der Waals surface area contributed by atoms with Gasteiger partial charge in [0.25, 0.3) is 0 Å². The molecule has 0 atom stereocenters. The molecule has 2 aromatic rings. The summed E-state index contributed by atoms with van der Waals surface area (Å²) in [7, 11) is -0.483. The van der Waals surface area contributed by atoms with Gasteiger partial charge in [-0.25, -0.2) is 17.5 Å². The van der Waals surface area contributed by atoms with Gasteiger partial charge in [0.2, 0.25) is 10.0 Å². The van der Waals surface area contributed by atoms with Crippen LogP contribution in [0, 0.1) is 0 Å². The van der Waals surface area contributed by atoms with Crippen molar-refractivity contribution in [2.75, 3.05) is 33.9 Å². The molecule has 27 heavy (non-hydrogen) atoms. The van der Waals surface area contributed by atoms with E-state index in [9.17, 15) is 13.2 Å². The molecule has 0 saturated heterocycles. The fraction of sp³-hybridized carbons (Fsp3) is 0.316. The van der Waals surface area contributed by atoms with Crippen molar-refractivity contribution >= 4 is 16.0 Å². The van der Waals surface area contributed by atoms with E-state index in [1.165, 1.54) is 26.2 Å². The van der Waals surface area contributed by atoms with Crippen molar-refractivity contribution < 1.29 is 27.4 Å². The van der Waals surface area contributed by atoms with Gasteiger partial charge < -0.3 is 14.2 Å². The lowest BCUT2D eigenvalue weighted by atomic mass is 10.2. The lowest BCUT2D eigenvalue weighted by Gasteiger charge is -2.12. The third-order valence-corrected chi connectivity index (χ3v) is 5.42. The maximum atomic E-state index is 12.0. The van der Waals surface area contributed by atoms with Crippen LogP contribution in [0.3, 0.4) is 0 Å². The van der Waals surface area contributed by atoms with E-state index in [1.807, 2.05) is 0 Å². The van der Waals surface area contributed by atoms with Crippen LogP contribution in [0.4, 0.5) is 0 Å². The van der Waals surface area contributed by atoms with E-state index in [0.717, 1.165) is 4.31 Å². The summed E-state index contributed by atoms with van der Waals surface area (Å²) >= 11 is 0. The number of carbonyl (C=O) groups excluding carboxylic acids is 1. The van der Waals surface area contributed by atoms with Gasteiger partial charge >= 0.3 is 5.97 Å². The fourth-order valence-electron chi connectivity index (χ4n) is 2.14. The number of nitrogens with zero attached hydrogens (tertiary/aromatic N) is 1. The second-order valence-corrected chi connectivity index (χ2v) is 7.85. The number of hydrogen-bond donors (Lipinski definition) is 0. The zero-order valence-corrected chi connectivity index (χ0v) is 16.4. The highest BCUT2D eigenvalue weighted by molar-refractivity contribution is 7.89. The summed E-state index contributed by atoms with van der Waals surface area (Å²) in [5, 5.41) is 0. The van der Waals surface area contributed by atoms with Gasteiger partial charge in [0.05, 0.1) is 17.1 Å². The van der Waals surface area contributed by atoms with Crippen LogP contribution >= 0.6 is 0 Å². The zero-order valence-electron chi connectivity index (χ0n) is 15.5. The predicted octanol–water partition coefficient (Wildman–Crippen LogP) is 2.57. The molecule has 146 valence electrons. The molecule has 0 radical (unpaired) electrons. The maximum Gasteiger partial charge on any atom is 0.338 e. The molecule has 7 nitrogen and oxygen atoms in total. The van der Waals surface area contributed by atoms with Crippen molar-refractivity contribution in [3.63, 3.8) is 0 Å². The van der Waals surface area contributed by atoms with Gasteiger partial charge in [-0.05, 0) is 55.5 Å². The van der Waals surface area contributed by atoms with Gasteiger partial charge in [0, 0.05) is 14.1 Å². The van der Waals surface area contributed by atoms with Crippen molar-refractivity contribution in [2.45, 2.75) is 11.8 Å². The Hall–Kier alpha value is -2.58. The third-order valence-electron chi connectivity index (χ3n) is 3.59. The Morgan fingerprint density at radius 2 is 1.37 bits per heavy atom. The van der Waals surface area contributed by atoms with E-state index in [0.29, 0.717) is 36.9 Å². The molecule has 0 spiro atoms. The minimum Gasteiger partial charge on any atom is -0.490 e. The second kappa shape index (κ2) is 9.38. The summed E-state index contributed by atoms with van der Waals surface area (Å²) in [5.74, 6) is 0.792. The smallest absolute Gasteiger partial charge is 0.338 e. The quantitative estimate of drug-likeness (QED) is 0.481. The van der Waals surface area contributed by atoms with Crippen LogP contribution in [0.25, 0.3) is 0 Å². The highest BCUT2D eigenvalue weighted by Crippen LogP contribution is 2.18. The first-order chi connectivity index (χ1) is 12.8. The molecule has 0 bridgehead atoms. The molecule has 0 saturated carbocycles. The highest BCUT2D eigenvalue weighted by atomic mass is 32.2. The van der Waals surface area contributed by atoms with Gasteiger partial charge in [-0.2, -0.15) is 0 Å². The van der Waals surface area contributed by atoms with Gasteiger partial charge in [-0.3, -0.25) is 0 Å². The van der Waals surface area contributed by atoms with Gasteiger partial charge in [-0.1, -0.05) is 0 Å². The molecule has 0 aromatic heterocycles. The molecular formula is C19H23NO6S. The molecule has 2 aromatic carbocycles. The Morgan fingerprint density at radius 1 is 0.889 bits per heavy atom. The average Bonchev–Trinajstić information content (AvgIpc) is 2.66. The average molecular weight is 393 g/mol. The maximum absolute atomic E-state index is 12.0. The second-order valence-electron chi connectivity index (χ2n) is 5.70. The minimum absolute atomic E-state index is 0.206. The molecule has 8 heteroatoms. The first-order valence-electron chi connectivity index (χ1n) is 8.40. The largest absolute Gasteiger partial charge is 0.490 e. The monoisotopic (exact) mass is 393 g/mol. The number of carbonyl (C=O) groups is 1. The van der Waals surface area contributed by atoms with Crippen LogP contribution in [0.5, 0.6) is 11.5 Å². The topological polar surface area (TPSA) is 82.1 Å². The summed E-state index contributed by atoms with van der Waals surface area (Å²) in [6, 6.07) is 12.9. The SMILES string of the molecule is CCOC(=O)c1ccc(OCCOc2ccc(S(=O)(=O)N(C)C)cc2)cc1. The van der Waals surface area contributed by atoms with Gasteiger partial charge in [0.15, 0.2) is 0 Å². The normalized spacial score (nSPS) is 11.3. The molecule has 0 aliphatic heterocycles. The summed E-state index contributed by atoms with van der Waals surface area (Å²) < 4.78 is 41.2. The van der Waals surface area contributed by atoms with Gasteiger partial charge in [0.1, 0.15) is 24.7 Å². The molecule has 0 aliphatic rings. The van der Waals surface area contributed by atoms with E-state index in [4.69, 9.17) is 14.2 Å². The van der Waals surface area contributed by atoms with E-state index in [2.05, 4.69) is 0 Å². The zero-order chi connectivity index (χ0) is 19.9. The van der Waals surface area contributed by atoms with Crippen molar-refractivity contribution in [1.82, 2.24) is 4.31 Å². The number of rotatable bonds is 9. The Kier molecular flexibility index (Phi) is 7.20. The first-order valence-corrected chi connectivity index (χ1v) is 9.84. The van der Waals surface area contributed by atoms with Crippen molar-refractivity contribution in [3.05, 3.63) is 54.1 Å². The number of sulfonamides is 1. The summed E-state index contributed by atoms with van der Waals surface area (Å²) in [5.41, 5.74) is 0.466. The molecule has 0 amide bonds. The Bertz CT molecular complexity index is 845. The van der Waals surface area contributed by atoms with Crippen molar-refractivity contribution in [2.24, 2.45) is 0 Å². The fourth-order valence-corrected chi connectivity index (χ4v) is 3.04. The van der Waals surface area contributed by atoms with Gasteiger partial charge in [-0.15, -0.1) is 0 Å². The van der Waals surface area contributed by atoms with Crippen molar-refractivity contribution in [3.8, 4) is 11.5 Å². The van der Waals surface area contributed by atoms with Crippen LogP contribution < -0.4 is 9.47 Å².